The molecule has 0 radical (unpaired) electrons. The maximum atomic E-state index is 3.54. The molecule has 0 aromatic rings. The number of hydrogen-bond donors (Lipinski definition) is 1. The third-order valence-corrected chi connectivity index (χ3v) is 4.07. The molecule has 1 saturated carbocycles. The number of nitrogens with one attached hydrogen (secondary N) is 1. The van der Waals surface area contributed by atoms with Crippen molar-refractivity contribution < 1.29 is 0 Å². The molecule has 0 bridgehead atoms. The van der Waals surface area contributed by atoms with Crippen LogP contribution in [0.1, 0.15) is 33.6 Å². The first kappa shape index (κ1) is 13.3. The maximum Gasteiger partial charge on any atom is 0.0193 e. The average Bonchev–Trinajstić information content (AvgIpc) is 3.11. The molecular formula is C14H29N3. The standard InChI is InChI=1S/C14H29N3/c1-12(2)15-10-13(3)17-8-6-16(7-9-17)11-14-4-5-14/h12-15H,4-11H2,1-3H3. The lowest BCUT2D eigenvalue weighted by Crippen LogP contribution is -2.52. The predicted molar refractivity (Wildman–Crippen MR) is 73.3 cm³/mol. The normalized spacial score (nSPS) is 25.4. The van der Waals surface area contributed by atoms with E-state index in [0.717, 1.165) is 12.5 Å². The first-order valence-electron chi connectivity index (χ1n) is 7.35. The van der Waals surface area contributed by atoms with Crippen LogP contribution in [0.5, 0.6) is 0 Å². The Morgan fingerprint density at radius 2 is 1.71 bits per heavy atom. The van der Waals surface area contributed by atoms with E-state index in [4.69, 9.17) is 0 Å². The molecule has 3 heteroatoms. The van der Waals surface area contributed by atoms with Gasteiger partial charge in [0.2, 0.25) is 0 Å². The third-order valence-electron chi connectivity index (χ3n) is 4.07. The lowest BCUT2D eigenvalue weighted by molar-refractivity contribution is 0.0979. The molecule has 1 N–H and O–H groups in total. The lowest BCUT2D eigenvalue weighted by atomic mass is 10.2. The number of rotatable bonds is 6. The van der Waals surface area contributed by atoms with Gasteiger partial charge in [0.1, 0.15) is 0 Å². The Labute approximate surface area is 107 Å². The van der Waals surface area contributed by atoms with E-state index in [1.54, 1.807) is 0 Å². The van der Waals surface area contributed by atoms with Gasteiger partial charge in [0.05, 0.1) is 0 Å². The molecule has 1 aliphatic carbocycles. The van der Waals surface area contributed by atoms with Crippen LogP contribution in [0.15, 0.2) is 0 Å². The molecule has 2 rings (SSSR count). The van der Waals surface area contributed by atoms with E-state index in [1.807, 2.05) is 0 Å². The summed E-state index contributed by atoms with van der Waals surface area (Å²) in [6, 6.07) is 1.29. The Morgan fingerprint density at radius 1 is 1.06 bits per heavy atom. The highest BCUT2D eigenvalue weighted by molar-refractivity contribution is 4.82. The van der Waals surface area contributed by atoms with Crippen LogP contribution >= 0.6 is 0 Å². The number of nitrogens with zero attached hydrogens (tertiary/aromatic N) is 2. The number of hydrogen-bond acceptors (Lipinski definition) is 3. The van der Waals surface area contributed by atoms with E-state index >= 15 is 0 Å². The van der Waals surface area contributed by atoms with E-state index in [0.29, 0.717) is 12.1 Å². The molecule has 0 amide bonds. The minimum absolute atomic E-state index is 0.605. The van der Waals surface area contributed by atoms with Crippen molar-refractivity contribution in [1.29, 1.82) is 0 Å². The summed E-state index contributed by atoms with van der Waals surface area (Å²) < 4.78 is 0. The summed E-state index contributed by atoms with van der Waals surface area (Å²) >= 11 is 0. The summed E-state index contributed by atoms with van der Waals surface area (Å²) in [5, 5.41) is 3.54. The summed E-state index contributed by atoms with van der Waals surface area (Å²) in [7, 11) is 0. The molecule has 0 spiro atoms. The van der Waals surface area contributed by atoms with Crippen molar-refractivity contribution in [2.24, 2.45) is 5.92 Å². The Balaban J connectivity index is 1.63. The first-order valence-corrected chi connectivity index (χ1v) is 7.35. The van der Waals surface area contributed by atoms with Crippen molar-refractivity contribution >= 4 is 0 Å². The summed E-state index contributed by atoms with van der Waals surface area (Å²) in [6.45, 7) is 14.4. The predicted octanol–water partition coefficient (Wildman–Crippen LogP) is 1.40. The van der Waals surface area contributed by atoms with Crippen LogP contribution in [0, 0.1) is 5.92 Å². The largest absolute Gasteiger partial charge is 0.313 e. The van der Waals surface area contributed by atoms with Crippen molar-refractivity contribution in [2.75, 3.05) is 39.3 Å². The van der Waals surface area contributed by atoms with Crippen LogP contribution in [-0.2, 0) is 0 Å². The molecule has 0 aromatic heterocycles. The van der Waals surface area contributed by atoms with Gasteiger partial charge < -0.3 is 10.2 Å². The van der Waals surface area contributed by atoms with Gasteiger partial charge in [-0.15, -0.1) is 0 Å². The fraction of sp³-hybridized carbons (Fsp3) is 1.00. The lowest BCUT2D eigenvalue weighted by Gasteiger charge is -2.38. The van der Waals surface area contributed by atoms with Crippen molar-refractivity contribution in [3.8, 4) is 0 Å². The van der Waals surface area contributed by atoms with Crippen molar-refractivity contribution in [2.45, 2.75) is 45.7 Å². The second-order valence-electron chi connectivity index (χ2n) is 6.19. The van der Waals surface area contributed by atoms with Crippen molar-refractivity contribution in [3.63, 3.8) is 0 Å². The van der Waals surface area contributed by atoms with Crippen LogP contribution < -0.4 is 5.32 Å². The molecule has 1 unspecified atom stereocenters. The van der Waals surface area contributed by atoms with Gasteiger partial charge >= 0.3 is 0 Å². The van der Waals surface area contributed by atoms with Gasteiger partial charge in [-0.05, 0) is 25.7 Å². The zero-order chi connectivity index (χ0) is 12.3. The van der Waals surface area contributed by atoms with Crippen LogP contribution in [0.3, 0.4) is 0 Å². The Hall–Kier alpha value is -0.120. The van der Waals surface area contributed by atoms with E-state index in [9.17, 15) is 0 Å². The summed E-state index contributed by atoms with van der Waals surface area (Å²) in [5.74, 6) is 1.04. The topological polar surface area (TPSA) is 18.5 Å². The summed E-state index contributed by atoms with van der Waals surface area (Å²) in [5.41, 5.74) is 0. The zero-order valence-electron chi connectivity index (χ0n) is 11.8. The molecule has 3 nitrogen and oxygen atoms in total. The quantitative estimate of drug-likeness (QED) is 0.756. The maximum absolute atomic E-state index is 3.54. The monoisotopic (exact) mass is 239 g/mol. The first-order chi connectivity index (χ1) is 8.15. The highest BCUT2D eigenvalue weighted by Crippen LogP contribution is 2.29. The average molecular weight is 239 g/mol. The van der Waals surface area contributed by atoms with Gasteiger partial charge in [0.25, 0.3) is 0 Å². The highest BCUT2D eigenvalue weighted by atomic mass is 15.3. The van der Waals surface area contributed by atoms with Gasteiger partial charge in [0.15, 0.2) is 0 Å². The summed E-state index contributed by atoms with van der Waals surface area (Å²) in [4.78, 5) is 5.30. The second kappa shape index (κ2) is 6.17. The smallest absolute Gasteiger partial charge is 0.0193 e. The molecule has 1 atom stereocenters. The fourth-order valence-electron chi connectivity index (χ4n) is 2.59. The van der Waals surface area contributed by atoms with E-state index < -0.39 is 0 Å². The molecule has 2 aliphatic rings. The van der Waals surface area contributed by atoms with Crippen LogP contribution in [0.4, 0.5) is 0 Å². The van der Waals surface area contributed by atoms with Crippen LogP contribution in [-0.4, -0.2) is 61.2 Å². The van der Waals surface area contributed by atoms with E-state index in [2.05, 4.69) is 35.9 Å². The molecule has 17 heavy (non-hydrogen) atoms. The second-order valence-corrected chi connectivity index (χ2v) is 6.19. The Bertz CT molecular complexity index is 218. The third kappa shape index (κ3) is 4.57. The number of piperazine rings is 1. The molecular weight excluding hydrogens is 210 g/mol. The van der Waals surface area contributed by atoms with Gasteiger partial charge in [0, 0.05) is 51.4 Å². The van der Waals surface area contributed by atoms with Crippen molar-refractivity contribution in [3.05, 3.63) is 0 Å². The summed E-state index contributed by atoms with van der Waals surface area (Å²) in [6.07, 6.45) is 2.96. The van der Waals surface area contributed by atoms with E-state index in [1.165, 1.54) is 45.6 Å². The fourth-order valence-corrected chi connectivity index (χ4v) is 2.59. The van der Waals surface area contributed by atoms with Crippen molar-refractivity contribution in [1.82, 2.24) is 15.1 Å². The van der Waals surface area contributed by atoms with E-state index in [-0.39, 0.29) is 0 Å². The Kier molecular flexibility index (Phi) is 4.83. The molecule has 100 valence electrons. The molecule has 2 fully saturated rings. The minimum atomic E-state index is 0.605. The molecule has 1 aliphatic heterocycles. The highest BCUT2D eigenvalue weighted by Gasteiger charge is 2.27. The SMILES string of the molecule is CC(C)NCC(C)N1CCN(CC2CC2)CC1. The van der Waals surface area contributed by atoms with Gasteiger partial charge in [-0.2, -0.15) is 0 Å². The molecule has 1 heterocycles. The minimum Gasteiger partial charge on any atom is -0.313 e. The molecule has 0 aromatic carbocycles. The van der Waals surface area contributed by atoms with Crippen LogP contribution in [0.2, 0.25) is 0 Å². The Morgan fingerprint density at radius 3 is 2.24 bits per heavy atom. The van der Waals surface area contributed by atoms with Crippen LogP contribution in [0.25, 0.3) is 0 Å². The van der Waals surface area contributed by atoms with Gasteiger partial charge in [-0.1, -0.05) is 13.8 Å². The van der Waals surface area contributed by atoms with Gasteiger partial charge in [-0.25, -0.2) is 0 Å². The van der Waals surface area contributed by atoms with Gasteiger partial charge in [-0.3, -0.25) is 4.90 Å². The molecule has 1 saturated heterocycles. The zero-order valence-corrected chi connectivity index (χ0v) is 11.8.